The molecule has 0 N–H and O–H groups in total. The van der Waals surface area contributed by atoms with Crippen molar-refractivity contribution in [3.8, 4) is 0 Å². The van der Waals surface area contributed by atoms with Crippen LogP contribution in [-0.2, 0) is 0 Å². The maximum atomic E-state index is 3.37. The largest absolute Gasteiger partial charge is 0.0587 e. The fourth-order valence-electron chi connectivity index (χ4n) is 1.71. The van der Waals surface area contributed by atoms with E-state index < -0.39 is 0 Å². The molecule has 0 aromatic carbocycles. The summed E-state index contributed by atoms with van der Waals surface area (Å²) in [4.78, 5) is 2.06. The molecule has 1 rings (SSSR count). The second-order valence-corrected chi connectivity index (χ2v) is 5.11. The van der Waals surface area contributed by atoms with Gasteiger partial charge in [0.25, 0.3) is 0 Å². The normalized spacial score (nSPS) is 22.2. The summed E-state index contributed by atoms with van der Waals surface area (Å²) in [7, 11) is 0. The Labute approximate surface area is 91.1 Å². The Morgan fingerprint density at radius 3 is 2.55 bits per heavy atom. The van der Waals surface area contributed by atoms with E-state index in [9.17, 15) is 0 Å². The molecule has 0 atom stereocenters. The SMILES string of the molecule is Br/C=C(\I)CC1CCCCC1. The lowest BCUT2D eigenvalue weighted by Gasteiger charge is -2.20. The van der Waals surface area contributed by atoms with Crippen LogP contribution in [-0.4, -0.2) is 0 Å². The molecule has 0 amide bonds. The molecule has 0 saturated heterocycles. The first kappa shape index (κ1) is 10.0. The minimum atomic E-state index is 0.976. The van der Waals surface area contributed by atoms with E-state index in [-0.39, 0.29) is 0 Å². The van der Waals surface area contributed by atoms with Crippen molar-refractivity contribution in [1.82, 2.24) is 0 Å². The third-order valence-electron chi connectivity index (χ3n) is 2.33. The molecule has 2 heteroatoms. The van der Waals surface area contributed by atoms with E-state index in [1.165, 1.54) is 42.1 Å². The van der Waals surface area contributed by atoms with Gasteiger partial charge in [0.1, 0.15) is 0 Å². The molecule has 0 unspecified atom stereocenters. The number of halogens is 2. The lowest BCUT2D eigenvalue weighted by atomic mass is 9.87. The van der Waals surface area contributed by atoms with Crippen LogP contribution in [0.15, 0.2) is 8.57 Å². The van der Waals surface area contributed by atoms with Gasteiger partial charge in [-0.1, -0.05) is 48.0 Å². The van der Waals surface area contributed by atoms with E-state index >= 15 is 0 Å². The molecule has 1 aliphatic rings. The van der Waals surface area contributed by atoms with Gasteiger partial charge < -0.3 is 0 Å². The summed E-state index contributed by atoms with van der Waals surface area (Å²) in [6.45, 7) is 0. The molecular formula is C9H14BrI. The van der Waals surface area contributed by atoms with E-state index in [2.05, 4.69) is 43.5 Å². The van der Waals surface area contributed by atoms with E-state index in [0.29, 0.717) is 0 Å². The summed E-state index contributed by atoms with van der Waals surface area (Å²) in [5, 5.41) is 0. The molecule has 0 radical (unpaired) electrons. The van der Waals surface area contributed by atoms with Gasteiger partial charge >= 0.3 is 0 Å². The molecule has 1 aliphatic carbocycles. The summed E-state index contributed by atoms with van der Waals surface area (Å²) in [6.07, 6.45) is 8.57. The van der Waals surface area contributed by atoms with Crippen molar-refractivity contribution in [1.29, 1.82) is 0 Å². The van der Waals surface area contributed by atoms with Crippen molar-refractivity contribution in [2.45, 2.75) is 38.5 Å². The monoisotopic (exact) mass is 328 g/mol. The second-order valence-electron chi connectivity index (χ2n) is 3.26. The third-order valence-corrected chi connectivity index (χ3v) is 4.49. The minimum Gasteiger partial charge on any atom is -0.0587 e. The van der Waals surface area contributed by atoms with Gasteiger partial charge in [0.15, 0.2) is 0 Å². The molecule has 1 fully saturated rings. The first-order chi connectivity index (χ1) is 5.33. The molecule has 0 heterocycles. The number of hydrogen-bond donors (Lipinski definition) is 0. The molecular weight excluding hydrogens is 315 g/mol. The Hall–Kier alpha value is 0.950. The molecule has 0 nitrogen and oxygen atoms in total. The zero-order valence-electron chi connectivity index (χ0n) is 6.65. The fourth-order valence-corrected chi connectivity index (χ4v) is 2.52. The Morgan fingerprint density at radius 1 is 1.36 bits per heavy atom. The first-order valence-corrected chi connectivity index (χ1v) is 6.27. The Balaban J connectivity index is 2.24. The molecule has 64 valence electrons. The van der Waals surface area contributed by atoms with Gasteiger partial charge in [0.05, 0.1) is 0 Å². The molecule has 0 aromatic heterocycles. The highest BCUT2D eigenvalue weighted by Crippen LogP contribution is 2.31. The maximum absolute atomic E-state index is 3.37. The molecule has 0 bridgehead atoms. The van der Waals surface area contributed by atoms with Crippen LogP contribution in [0.5, 0.6) is 0 Å². The zero-order valence-corrected chi connectivity index (χ0v) is 10.4. The average Bonchev–Trinajstić information content (AvgIpc) is 2.06. The Morgan fingerprint density at radius 2 is 2.00 bits per heavy atom. The average molecular weight is 329 g/mol. The van der Waals surface area contributed by atoms with Crippen LogP contribution < -0.4 is 0 Å². The van der Waals surface area contributed by atoms with Gasteiger partial charge in [0, 0.05) is 0 Å². The van der Waals surface area contributed by atoms with Crippen LogP contribution in [0.2, 0.25) is 0 Å². The van der Waals surface area contributed by atoms with Gasteiger partial charge in [-0.15, -0.1) is 0 Å². The summed E-state index contributed by atoms with van der Waals surface area (Å²) < 4.78 is 1.47. The van der Waals surface area contributed by atoms with Crippen molar-refractivity contribution in [2.75, 3.05) is 0 Å². The van der Waals surface area contributed by atoms with E-state index in [4.69, 9.17) is 0 Å². The summed E-state index contributed by atoms with van der Waals surface area (Å²) in [5.74, 6) is 0.976. The first-order valence-electron chi connectivity index (χ1n) is 4.27. The van der Waals surface area contributed by atoms with Gasteiger partial charge in [-0.3, -0.25) is 0 Å². The predicted octanol–water partition coefficient (Wildman–Crippen LogP) is 4.63. The highest BCUT2D eigenvalue weighted by atomic mass is 127. The predicted molar refractivity (Wildman–Crippen MR) is 62.2 cm³/mol. The van der Waals surface area contributed by atoms with Crippen LogP contribution in [0.3, 0.4) is 0 Å². The smallest absolute Gasteiger partial charge is 0.00222 e. The fraction of sp³-hybridized carbons (Fsp3) is 0.778. The van der Waals surface area contributed by atoms with Crippen molar-refractivity contribution in [3.63, 3.8) is 0 Å². The second kappa shape index (κ2) is 5.57. The molecule has 0 aromatic rings. The van der Waals surface area contributed by atoms with Crippen LogP contribution in [0.4, 0.5) is 0 Å². The van der Waals surface area contributed by atoms with Crippen LogP contribution in [0.1, 0.15) is 38.5 Å². The Kier molecular flexibility index (Phi) is 5.08. The molecule has 0 spiro atoms. The standard InChI is InChI=1S/C9H14BrI/c10-7-9(11)6-8-4-2-1-3-5-8/h7-8H,1-6H2/b9-7-. The van der Waals surface area contributed by atoms with Crippen LogP contribution in [0.25, 0.3) is 0 Å². The van der Waals surface area contributed by atoms with Gasteiger partial charge in [-0.25, -0.2) is 0 Å². The highest BCUT2D eigenvalue weighted by Gasteiger charge is 2.13. The number of hydrogen-bond acceptors (Lipinski definition) is 0. The van der Waals surface area contributed by atoms with Gasteiger partial charge in [-0.2, -0.15) is 0 Å². The van der Waals surface area contributed by atoms with Crippen LogP contribution in [0, 0.1) is 5.92 Å². The zero-order chi connectivity index (χ0) is 8.10. The maximum Gasteiger partial charge on any atom is -0.00222 e. The Bertz CT molecular complexity index is 136. The van der Waals surface area contributed by atoms with Crippen molar-refractivity contribution < 1.29 is 0 Å². The lowest BCUT2D eigenvalue weighted by molar-refractivity contribution is 0.361. The molecule has 11 heavy (non-hydrogen) atoms. The summed E-state index contributed by atoms with van der Waals surface area (Å²) >= 11 is 5.79. The topological polar surface area (TPSA) is 0 Å². The van der Waals surface area contributed by atoms with E-state index in [0.717, 1.165) is 5.92 Å². The van der Waals surface area contributed by atoms with E-state index in [1.54, 1.807) is 0 Å². The van der Waals surface area contributed by atoms with E-state index in [1.807, 2.05) is 0 Å². The summed E-state index contributed by atoms with van der Waals surface area (Å²) in [6, 6.07) is 0. The quantitative estimate of drug-likeness (QED) is 0.648. The lowest BCUT2D eigenvalue weighted by Crippen LogP contribution is -2.05. The third kappa shape index (κ3) is 3.92. The van der Waals surface area contributed by atoms with Crippen molar-refractivity contribution in [2.24, 2.45) is 5.92 Å². The van der Waals surface area contributed by atoms with Gasteiger partial charge in [0.2, 0.25) is 0 Å². The van der Waals surface area contributed by atoms with Crippen molar-refractivity contribution >= 4 is 38.5 Å². The molecule has 1 saturated carbocycles. The number of rotatable bonds is 2. The minimum absolute atomic E-state index is 0.976. The van der Waals surface area contributed by atoms with Gasteiger partial charge in [-0.05, 0) is 43.5 Å². The number of allylic oxidation sites excluding steroid dienone is 1. The highest BCUT2D eigenvalue weighted by molar-refractivity contribution is 14.1. The van der Waals surface area contributed by atoms with Crippen molar-refractivity contribution in [3.05, 3.63) is 8.57 Å². The van der Waals surface area contributed by atoms with Crippen LogP contribution >= 0.6 is 38.5 Å². The summed E-state index contributed by atoms with van der Waals surface area (Å²) in [5.41, 5.74) is 0. The molecule has 0 aliphatic heterocycles.